The summed E-state index contributed by atoms with van der Waals surface area (Å²) in [6.07, 6.45) is 0.983. The van der Waals surface area contributed by atoms with E-state index in [1.165, 1.54) is 5.56 Å². The van der Waals surface area contributed by atoms with Crippen molar-refractivity contribution in [3.63, 3.8) is 0 Å². The summed E-state index contributed by atoms with van der Waals surface area (Å²) < 4.78 is 6.77. The number of rotatable bonds is 5. The van der Waals surface area contributed by atoms with E-state index >= 15 is 0 Å². The number of aromatic nitrogens is 3. The first-order valence-corrected chi connectivity index (χ1v) is 8.41. The first-order chi connectivity index (χ1) is 12.0. The number of halogens is 1. The molecule has 2 aromatic heterocycles. The summed E-state index contributed by atoms with van der Waals surface area (Å²) >= 11 is 6.09. The Morgan fingerprint density at radius 3 is 2.60 bits per heavy atom. The van der Waals surface area contributed by atoms with Gasteiger partial charge in [-0.1, -0.05) is 47.9 Å². The molecule has 130 valence electrons. The molecule has 2 heterocycles. The summed E-state index contributed by atoms with van der Waals surface area (Å²) in [5, 5.41) is 11.5. The highest BCUT2D eigenvalue weighted by Gasteiger charge is 2.14. The van der Waals surface area contributed by atoms with E-state index in [1.54, 1.807) is 17.7 Å². The van der Waals surface area contributed by atoms with Crippen LogP contribution < -0.4 is 5.32 Å². The van der Waals surface area contributed by atoms with E-state index in [0.717, 1.165) is 17.7 Å². The summed E-state index contributed by atoms with van der Waals surface area (Å²) in [6, 6.07) is 9.77. The van der Waals surface area contributed by atoms with Crippen molar-refractivity contribution in [1.82, 2.24) is 14.9 Å². The van der Waals surface area contributed by atoms with Crippen LogP contribution in [0.2, 0.25) is 5.02 Å². The molecule has 0 fully saturated rings. The van der Waals surface area contributed by atoms with Crippen LogP contribution in [0.15, 0.2) is 34.9 Å². The Labute approximate surface area is 150 Å². The first-order valence-electron chi connectivity index (χ1n) is 8.03. The van der Waals surface area contributed by atoms with Crippen LogP contribution in [0.5, 0.6) is 0 Å². The lowest BCUT2D eigenvalue weighted by Gasteiger charge is -2.03. The van der Waals surface area contributed by atoms with Gasteiger partial charge < -0.3 is 4.52 Å². The van der Waals surface area contributed by atoms with Crippen molar-refractivity contribution >= 4 is 23.4 Å². The molecule has 0 unspecified atom stereocenters. The third-order valence-corrected chi connectivity index (χ3v) is 4.56. The van der Waals surface area contributed by atoms with Crippen molar-refractivity contribution in [3.8, 4) is 11.3 Å². The largest absolute Gasteiger partial charge is 0.338 e. The fourth-order valence-electron chi connectivity index (χ4n) is 2.52. The van der Waals surface area contributed by atoms with Crippen LogP contribution in [0, 0.1) is 13.8 Å². The van der Waals surface area contributed by atoms with Gasteiger partial charge in [0.1, 0.15) is 12.2 Å². The fourth-order valence-corrected chi connectivity index (χ4v) is 2.66. The lowest BCUT2D eigenvalue weighted by Crippen LogP contribution is -2.20. The monoisotopic (exact) mass is 358 g/mol. The van der Waals surface area contributed by atoms with Crippen LogP contribution in [0.25, 0.3) is 11.3 Å². The van der Waals surface area contributed by atoms with Crippen LogP contribution in [0.4, 0.5) is 5.88 Å². The van der Waals surface area contributed by atoms with Gasteiger partial charge in [0.25, 0.3) is 0 Å². The van der Waals surface area contributed by atoms with Crippen LogP contribution in [-0.2, 0) is 17.8 Å². The molecule has 0 aliphatic heterocycles. The van der Waals surface area contributed by atoms with E-state index in [1.807, 2.05) is 19.1 Å². The molecule has 3 aromatic rings. The molecule has 25 heavy (non-hydrogen) atoms. The molecule has 3 rings (SSSR count). The maximum Gasteiger partial charge on any atom is 0.248 e. The molecular weight excluding hydrogens is 340 g/mol. The summed E-state index contributed by atoms with van der Waals surface area (Å²) in [5.74, 6) is 0.0403. The van der Waals surface area contributed by atoms with E-state index in [0.29, 0.717) is 22.3 Å². The highest BCUT2D eigenvalue weighted by atomic mass is 35.5. The van der Waals surface area contributed by atoms with Crippen LogP contribution in [0.3, 0.4) is 0 Å². The van der Waals surface area contributed by atoms with E-state index in [2.05, 4.69) is 34.6 Å². The van der Waals surface area contributed by atoms with Gasteiger partial charge in [0.15, 0.2) is 0 Å². The molecule has 0 bridgehead atoms. The van der Waals surface area contributed by atoms with E-state index in [9.17, 15) is 4.79 Å². The van der Waals surface area contributed by atoms with Crippen molar-refractivity contribution in [2.24, 2.45) is 0 Å². The topological polar surface area (TPSA) is 73.0 Å². The number of amides is 1. The molecule has 0 radical (unpaired) electrons. The number of hydrogen-bond acceptors (Lipinski definition) is 4. The lowest BCUT2D eigenvalue weighted by atomic mass is 10.1. The van der Waals surface area contributed by atoms with Gasteiger partial charge in [0, 0.05) is 11.6 Å². The van der Waals surface area contributed by atoms with Gasteiger partial charge in [0.05, 0.1) is 16.4 Å². The van der Waals surface area contributed by atoms with Crippen molar-refractivity contribution in [2.45, 2.75) is 33.7 Å². The van der Waals surface area contributed by atoms with Crippen LogP contribution in [-0.4, -0.2) is 20.8 Å². The highest BCUT2D eigenvalue weighted by Crippen LogP contribution is 2.23. The maximum absolute atomic E-state index is 12.2. The van der Waals surface area contributed by atoms with E-state index in [-0.39, 0.29) is 12.5 Å². The first kappa shape index (κ1) is 17.2. The zero-order chi connectivity index (χ0) is 18.0. The number of nitrogens with one attached hydrogen (secondary N) is 1. The lowest BCUT2D eigenvalue weighted by molar-refractivity contribution is -0.117. The average Bonchev–Trinajstić information content (AvgIpc) is 3.16. The predicted molar refractivity (Wildman–Crippen MR) is 96.7 cm³/mol. The molecule has 0 atom stereocenters. The van der Waals surface area contributed by atoms with Gasteiger partial charge in [0.2, 0.25) is 11.8 Å². The quantitative estimate of drug-likeness (QED) is 0.747. The molecule has 1 N–H and O–H groups in total. The van der Waals surface area contributed by atoms with Crippen LogP contribution in [0.1, 0.15) is 23.9 Å². The van der Waals surface area contributed by atoms with Gasteiger partial charge >= 0.3 is 0 Å². The second-order valence-electron chi connectivity index (χ2n) is 5.82. The number of anilines is 1. The minimum Gasteiger partial charge on any atom is -0.338 e. The molecule has 6 nitrogen and oxygen atoms in total. The summed E-state index contributed by atoms with van der Waals surface area (Å²) in [7, 11) is 0. The summed E-state index contributed by atoms with van der Waals surface area (Å²) in [5.41, 5.74) is 4.32. The molecule has 0 spiro atoms. The van der Waals surface area contributed by atoms with Gasteiger partial charge in [-0.2, -0.15) is 5.10 Å². The van der Waals surface area contributed by atoms with Gasteiger partial charge in [-0.15, -0.1) is 0 Å². The Balaban J connectivity index is 1.68. The molecule has 7 heteroatoms. The average molecular weight is 359 g/mol. The Morgan fingerprint density at radius 2 is 2.00 bits per heavy atom. The van der Waals surface area contributed by atoms with Gasteiger partial charge in [-0.3, -0.25) is 14.8 Å². The van der Waals surface area contributed by atoms with E-state index in [4.69, 9.17) is 16.1 Å². The second-order valence-corrected chi connectivity index (χ2v) is 6.20. The van der Waals surface area contributed by atoms with Gasteiger partial charge in [-0.25, -0.2) is 0 Å². The van der Waals surface area contributed by atoms with Crippen molar-refractivity contribution in [1.29, 1.82) is 0 Å². The number of carbonyl (C=O) groups excluding carboxylic acids is 1. The smallest absolute Gasteiger partial charge is 0.248 e. The predicted octanol–water partition coefficient (Wildman–Crippen LogP) is 4.01. The van der Waals surface area contributed by atoms with Crippen molar-refractivity contribution < 1.29 is 9.32 Å². The number of carbonyl (C=O) groups is 1. The number of nitrogens with zero attached hydrogens (tertiary/aromatic N) is 3. The molecule has 0 aliphatic carbocycles. The SMILES string of the molecule is CCc1ccc(-c2cc(NC(=O)Cn3nc(C)c(Cl)c3C)on2)cc1. The Hall–Kier alpha value is -2.60. The Bertz CT molecular complexity index is 896. The number of hydrogen-bond donors (Lipinski definition) is 1. The standard InChI is InChI=1S/C18H19ClN4O2/c1-4-13-5-7-14(8-6-13)15-9-17(25-22-15)20-16(24)10-23-12(3)18(19)11(2)21-23/h5-9H,4,10H2,1-3H3,(H,20,24). The maximum atomic E-state index is 12.2. The summed E-state index contributed by atoms with van der Waals surface area (Å²) in [4.78, 5) is 12.2. The Kier molecular flexibility index (Phi) is 4.90. The van der Waals surface area contributed by atoms with Crippen molar-refractivity contribution in [3.05, 3.63) is 52.3 Å². The van der Waals surface area contributed by atoms with Crippen LogP contribution >= 0.6 is 11.6 Å². The zero-order valence-corrected chi connectivity index (χ0v) is 15.1. The van der Waals surface area contributed by atoms with Gasteiger partial charge in [-0.05, 0) is 25.8 Å². The van der Waals surface area contributed by atoms with E-state index < -0.39 is 0 Å². The molecule has 0 saturated carbocycles. The minimum atomic E-state index is -0.258. The molecule has 1 amide bonds. The molecular formula is C18H19ClN4O2. The summed E-state index contributed by atoms with van der Waals surface area (Å²) in [6.45, 7) is 5.79. The highest BCUT2D eigenvalue weighted by molar-refractivity contribution is 6.31. The fraction of sp³-hybridized carbons (Fsp3) is 0.278. The number of benzene rings is 1. The molecule has 1 aromatic carbocycles. The molecule has 0 saturated heterocycles. The third kappa shape index (κ3) is 3.74. The molecule has 0 aliphatic rings. The number of aryl methyl sites for hydroxylation is 2. The third-order valence-electron chi connectivity index (χ3n) is 4.02. The minimum absolute atomic E-state index is 0.0562. The zero-order valence-electron chi connectivity index (χ0n) is 14.3. The second kappa shape index (κ2) is 7.11. The Morgan fingerprint density at radius 1 is 1.28 bits per heavy atom. The van der Waals surface area contributed by atoms with Crippen molar-refractivity contribution in [2.75, 3.05) is 5.32 Å². The normalized spacial score (nSPS) is 10.9.